The molecule has 19 heteroatoms. The van der Waals surface area contributed by atoms with Crippen LogP contribution in [0.15, 0.2) is 0 Å². The number of hydrogen-bond acceptors (Lipinski definition) is 18. The Kier molecular flexibility index (Phi) is 40.4. The summed E-state index contributed by atoms with van der Waals surface area (Å²) in [5.41, 5.74) is 0. The van der Waals surface area contributed by atoms with Crippen LogP contribution in [0.3, 0.4) is 0 Å². The maximum absolute atomic E-state index is 13.2. The minimum atomic E-state index is -1.97. The molecule has 0 aromatic rings. The Morgan fingerprint density at radius 1 is 0.405 bits per heavy atom. The van der Waals surface area contributed by atoms with Crippen molar-refractivity contribution in [2.45, 2.75) is 349 Å². The van der Waals surface area contributed by atoms with E-state index in [4.69, 9.17) is 28.4 Å². The van der Waals surface area contributed by atoms with Gasteiger partial charge in [-0.3, -0.25) is 4.79 Å². The molecule has 3 fully saturated rings. The first-order valence-electron chi connectivity index (χ1n) is 31.8. The van der Waals surface area contributed by atoms with E-state index in [0.29, 0.717) is 12.8 Å². The zero-order chi connectivity index (χ0) is 57.6. The van der Waals surface area contributed by atoms with Gasteiger partial charge in [0.15, 0.2) is 18.9 Å². The summed E-state index contributed by atoms with van der Waals surface area (Å²) in [7, 11) is 0. The van der Waals surface area contributed by atoms with Crippen molar-refractivity contribution < 1.29 is 89.4 Å². The molecule has 0 aliphatic carbocycles. The van der Waals surface area contributed by atoms with Crippen LogP contribution in [0.4, 0.5) is 0 Å². The molecular formula is C60H115NO18. The summed E-state index contributed by atoms with van der Waals surface area (Å²) in [5.74, 6) is -0.247. The number of hydrogen-bond donors (Lipinski definition) is 12. The molecule has 3 heterocycles. The monoisotopic (exact) mass is 1140 g/mol. The highest BCUT2D eigenvalue weighted by atomic mass is 16.8. The van der Waals surface area contributed by atoms with Crippen LogP contribution in [0.2, 0.25) is 0 Å². The Bertz CT molecular complexity index is 1450. The third-order valence-electron chi connectivity index (χ3n) is 16.4. The van der Waals surface area contributed by atoms with Gasteiger partial charge in [-0.25, -0.2) is 0 Å². The fourth-order valence-electron chi connectivity index (χ4n) is 11.2. The van der Waals surface area contributed by atoms with Crippen LogP contribution in [0.5, 0.6) is 0 Å². The van der Waals surface area contributed by atoms with Gasteiger partial charge in [-0.15, -0.1) is 0 Å². The van der Waals surface area contributed by atoms with Gasteiger partial charge in [0.2, 0.25) is 5.91 Å². The van der Waals surface area contributed by atoms with Crippen molar-refractivity contribution in [1.29, 1.82) is 0 Å². The van der Waals surface area contributed by atoms with Crippen molar-refractivity contribution in [2.75, 3.05) is 26.4 Å². The lowest BCUT2D eigenvalue weighted by atomic mass is 9.96. The molecule has 3 aliphatic rings. The highest BCUT2D eigenvalue weighted by molar-refractivity contribution is 5.76. The Balaban J connectivity index is 1.28. The molecule has 3 saturated heterocycles. The molecule has 0 aromatic carbocycles. The lowest BCUT2D eigenvalue weighted by Gasteiger charge is -2.48. The molecule has 468 valence electrons. The van der Waals surface area contributed by atoms with Gasteiger partial charge >= 0.3 is 0 Å². The van der Waals surface area contributed by atoms with Crippen LogP contribution < -0.4 is 5.32 Å². The summed E-state index contributed by atoms with van der Waals surface area (Å²) in [6.07, 6.45) is 17.5. The molecule has 12 N–H and O–H groups in total. The number of carbonyl (C=O) groups is 1. The zero-order valence-corrected chi connectivity index (χ0v) is 48.9. The van der Waals surface area contributed by atoms with Crippen molar-refractivity contribution in [1.82, 2.24) is 5.32 Å². The zero-order valence-electron chi connectivity index (χ0n) is 48.9. The first-order valence-corrected chi connectivity index (χ1v) is 31.8. The second-order valence-corrected chi connectivity index (χ2v) is 23.2. The molecule has 0 saturated carbocycles. The molecule has 79 heavy (non-hydrogen) atoms. The van der Waals surface area contributed by atoms with Crippen LogP contribution in [0.25, 0.3) is 0 Å². The van der Waals surface area contributed by atoms with Gasteiger partial charge in [-0.05, 0) is 12.8 Å². The Hall–Kier alpha value is -1.21. The molecule has 17 atom stereocenters. The minimum Gasteiger partial charge on any atom is -0.394 e. The van der Waals surface area contributed by atoms with E-state index in [1.54, 1.807) is 0 Å². The molecule has 0 spiro atoms. The fraction of sp³-hybridized carbons (Fsp3) is 0.983. The molecule has 0 radical (unpaired) electrons. The number of rotatable bonds is 48. The summed E-state index contributed by atoms with van der Waals surface area (Å²) in [6, 6.07) is -0.877. The Labute approximate surface area is 474 Å². The maximum Gasteiger partial charge on any atom is 0.220 e. The maximum atomic E-state index is 13.2. The average Bonchev–Trinajstić information content (AvgIpc) is 3.55. The molecular weight excluding hydrogens is 1020 g/mol. The van der Waals surface area contributed by atoms with Crippen molar-refractivity contribution in [3.63, 3.8) is 0 Å². The number of unbranched alkanes of at least 4 members (excludes halogenated alkanes) is 32. The molecule has 0 bridgehead atoms. The third-order valence-corrected chi connectivity index (χ3v) is 16.4. The van der Waals surface area contributed by atoms with E-state index in [2.05, 4.69) is 19.2 Å². The van der Waals surface area contributed by atoms with Gasteiger partial charge in [0.25, 0.3) is 0 Å². The predicted octanol–water partition coefficient (Wildman–Crippen LogP) is 6.38. The number of ether oxygens (including phenoxy) is 6. The second-order valence-electron chi connectivity index (χ2n) is 23.2. The summed E-state index contributed by atoms with van der Waals surface area (Å²) in [6.45, 7) is 1.67. The van der Waals surface area contributed by atoms with Gasteiger partial charge in [-0.2, -0.15) is 0 Å². The lowest BCUT2D eigenvalue weighted by Crippen LogP contribution is -2.66. The first kappa shape index (κ1) is 72.1. The fourth-order valence-corrected chi connectivity index (χ4v) is 11.2. The van der Waals surface area contributed by atoms with E-state index in [1.165, 1.54) is 167 Å². The minimum absolute atomic E-state index is 0.247. The third kappa shape index (κ3) is 28.0. The van der Waals surface area contributed by atoms with Gasteiger partial charge in [0, 0.05) is 6.42 Å². The predicted molar refractivity (Wildman–Crippen MR) is 300 cm³/mol. The summed E-state index contributed by atoms with van der Waals surface area (Å²) in [5, 5.41) is 119. The van der Waals surface area contributed by atoms with E-state index < -0.39 is 124 Å². The van der Waals surface area contributed by atoms with E-state index in [0.717, 1.165) is 44.9 Å². The van der Waals surface area contributed by atoms with Crippen LogP contribution in [0, 0.1) is 0 Å². The average molecular weight is 1140 g/mol. The smallest absolute Gasteiger partial charge is 0.220 e. The van der Waals surface area contributed by atoms with E-state index >= 15 is 0 Å². The summed E-state index contributed by atoms with van der Waals surface area (Å²) >= 11 is 0. The highest BCUT2D eigenvalue weighted by Crippen LogP contribution is 2.33. The van der Waals surface area contributed by atoms with Gasteiger partial charge in [-0.1, -0.05) is 226 Å². The number of nitrogens with one attached hydrogen (secondary N) is 1. The number of amides is 1. The van der Waals surface area contributed by atoms with Crippen LogP contribution in [-0.2, 0) is 33.2 Å². The SMILES string of the molecule is CCCCCCCCCCCCCCCCCCCCCCCCCCCCCCCCC(=O)NC(COC1OC(CO)C(OC2OC(CO)C(OC3OC(CO)C(O)C(O)C3O)C(O)C2O)C(O)C1O)C(O)CCCCCC. The Morgan fingerprint density at radius 3 is 1.10 bits per heavy atom. The van der Waals surface area contributed by atoms with Gasteiger partial charge < -0.3 is 89.9 Å². The highest BCUT2D eigenvalue weighted by Gasteiger charge is 2.53. The largest absolute Gasteiger partial charge is 0.394 e. The molecule has 3 aliphatic heterocycles. The van der Waals surface area contributed by atoms with Crippen LogP contribution in [0.1, 0.15) is 245 Å². The van der Waals surface area contributed by atoms with Gasteiger partial charge in [0.05, 0.1) is 38.6 Å². The topological polar surface area (TPSA) is 307 Å². The molecule has 1 amide bonds. The quantitative estimate of drug-likeness (QED) is 0.0294. The van der Waals surface area contributed by atoms with E-state index in [1.807, 2.05) is 0 Å². The van der Waals surface area contributed by atoms with Crippen molar-refractivity contribution >= 4 is 5.91 Å². The van der Waals surface area contributed by atoms with Gasteiger partial charge in [0.1, 0.15) is 73.2 Å². The molecule has 17 unspecified atom stereocenters. The second kappa shape index (κ2) is 44.3. The molecule has 0 aromatic heterocycles. The van der Waals surface area contributed by atoms with Crippen molar-refractivity contribution in [3.8, 4) is 0 Å². The van der Waals surface area contributed by atoms with E-state index in [9.17, 15) is 61.0 Å². The van der Waals surface area contributed by atoms with Crippen LogP contribution >= 0.6 is 0 Å². The van der Waals surface area contributed by atoms with Crippen molar-refractivity contribution in [3.05, 3.63) is 0 Å². The number of aliphatic hydroxyl groups excluding tert-OH is 11. The lowest BCUT2D eigenvalue weighted by molar-refractivity contribution is -0.379. The first-order chi connectivity index (χ1) is 38.3. The number of carbonyl (C=O) groups excluding carboxylic acids is 1. The van der Waals surface area contributed by atoms with Crippen LogP contribution in [-0.4, -0.2) is 193 Å². The summed E-state index contributed by atoms with van der Waals surface area (Å²) < 4.78 is 34.1. The standard InChI is InChI=1S/C60H115NO18/c1-3-5-7-9-10-11-12-13-14-15-16-17-18-19-20-21-22-23-24-25-26-27-28-29-30-31-32-33-34-36-38-48(66)61-43(44(65)37-35-8-6-4-2)42-74-58-54(72)51(69)56(46(40-63)76-58)79-60-55(73)52(70)57(47(41-64)77-60)78-59-53(71)50(68)49(67)45(39-62)75-59/h43-47,49-60,62-65,67-73H,3-42H2,1-2H3,(H,61,66). The Morgan fingerprint density at radius 2 is 0.722 bits per heavy atom. The number of aliphatic hydroxyl groups is 11. The summed E-state index contributed by atoms with van der Waals surface area (Å²) in [4.78, 5) is 13.2. The molecule has 19 nitrogen and oxygen atoms in total. The molecule has 3 rings (SSSR count). The van der Waals surface area contributed by atoms with Crippen molar-refractivity contribution in [2.24, 2.45) is 0 Å². The van der Waals surface area contributed by atoms with E-state index in [-0.39, 0.29) is 18.9 Å². The normalized spacial score (nSPS) is 30.2.